The molecule has 4 aromatic rings. The summed E-state index contributed by atoms with van der Waals surface area (Å²) in [6, 6.07) is 18.1. The Labute approximate surface area is 294 Å². The average Bonchev–Trinajstić information content (AvgIpc) is 3.51. The lowest BCUT2D eigenvalue weighted by molar-refractivity contribution is 0.0111. The largest absolute Gasteiger partial charge is 0.493 e. The molecule has 2 atom stereocenters. The van der Waals surface area contributed by atoms with E-state index < -0.39 is 17.9 Å². The molecule has 268 valence electrons. The zero-order valence-corrected chi connectivity index (χ0v) is 29.7. The Bertz CT molecular complexity index is 1750. The van der Waals surface area contributed by atoms with Gasteiger partial charge in [-0.2, -0.15) is 0 Å². The fourth-order valence-corrected chi connectivity index (χ4v) is 6.07. The maximum Gasteiger partial charge on any atom is 0.410 e. The quantitative estimate of drug-likeness (QED) is 0.0873. The summed E-state index contributed by atoms with van der Waals surface area (Å²) in [6.07, 6.45) is 5.16. The Hall–Kier alpha value is -4.84. The molecule has 0 radical (unpaired) electrons. The van der Waals surface area contributed by atoms with Crippen molar-refractivity contribution in [3.8, 4) is 11.5 Å². The first-order valence-corrected chi connectivity index (χ1v) is 17.2. The van der Waals surface area contributed by atoms with Crippen molar-refractivity contribution in [2.75, 3.05) is 52.4 Å². The van der Waals surface area contributed by atoms with Crippen molar-refractivity contribution < 1.29 is 23.4 Å². The number of aromatic nitrogens is 2. The number of halogens is 1. The van der Waals surface area contributed by atoms with Gasteiger partial charge in [-0.3, -0.25) is 4.57 Å². The van der Waals surface area contributed by atoms with Gasteiger partial charge in [0.2, 0.25) is 5.96 Å². The number of nitrogens with two attached hydrogens (primary N) is 1. The number of fused-ring (bicyclic) bond motifs is 1. The van der Waals surface area contributed by atoms with Crippen LogP contribution in [0.3, 0.4) is 0 Å². The number of pyridine rings is 1. The van der Waals surface area contributed by atoms with E-state index in [0.717, 1.165) is 53.7 Å². The van der Waals surface area contributed by atoms with Crippen molar-refractivity contribution in [2.45, 2.75) is 64.1 Å². The van der Waals surface area contributed by atoms with Gasteiger partial charge < -0.3 is 35.5 Å². The van der Waals surface area contributed by atoms with E-state index in [1.165, 1.54) is 10.5 Å². The Morgan fingerprint density at radius 1 is 1.08 bits per heavy atom. The van der Waals surface area contributed by atoms with E-state index in [1.807, 2.05) is 81.2 Å². The fourth-order valence-electron chi connectivity index (χ4n) is 6.07. The summed E-state index contributed by atoms with van der Waals surface area (Å²) < 4.78 is 34.1. The molecule has 5 rings (SSSR count). The van der Waals surface area contributed by atoms with Crippen LogP contribution < -0.4 is 25.8 Å². The molecule has 1 aliphatic rings. The van der Waals surface area contributed by atoms with Gasteiger partial charge in [0.15, 0.2) is 11.5 Å². The molecule has 12 heteroatoms. The molecule has 11 nitrogen and oxygen atoms in total. The number of likely N-dealkylation sites (tertiary alicyclic amines) is 1. The van der Waals surface area contributed by atoms with Crippen LogP contribution in [0.1, 0.15) is 56.2 Å². The van der Waals surface area contributed by atoms with Crippen LogP contribution in [0, 0.1) is 0 Å². The van der Waals surface area contributed by atoms with Gasteiger partial charge in [0.1, 0.15) is 17.6 Å². The van der Waals surface area contributed by atoms with Gasteiger partial charge in [0, 0.05) is 42.9 Å². The molecule has 0 aliphatic carbocycles. The maximum atomic E-state index is 15.1. The van der Waals surface area contributed by atoms with E-state index in [4.69, 9.17) is 19.9 Å². The summed E-state index contributed by atoms with van der Waals surface area (Å²) in [6.45, 7) is 7.66. The van der Waals surface area contributed by atoms with Crippen LogP contribution in [-0.2, 0) is 17.6 Å². The highest BCUT2D eigenvalue weighted by molar-refractivity contribution is 5.94. The molecular weight excluding hydrogens is 637 g/mol. The summed E-state index contributed by atoms with van der Waals surface area (Å²) in [5.74, 6) is 2.31. The molecule has 1 aliphatic heterocycles. The first-order valence-electron chi connectivity index (χ1n) is 17.2. The molecule has 1 saturated heterocycles. The van der Waals surface area contributed by atoms with Crippen LogP contribution in [-0.4, -0.2) is 85.3 Å². The number of alkyl halides is 1. The number of carbonyl (C=O) groups is 1. The minimum atomic E-state index is -1.13. The number of amides is 1. The van der Waals surface area contributed by atoms with Crippen LogP contribution in [0.5, 0.6) is 11.5 Å². The van der Waals surface area contributed by atoms with Crippen molar-refractivity contribution in [1.82, 2.24) is 19.8 Å². The van der Waals surface area contributed by atoms with Gasteiger partial charge in [0.25, 0.3) is 0 Å². The molecule has 1 fully saturated rings. The van der Waals surface area contributed by atoms with E-state index in [2.05, 4.69) is 38.8 Å². The number of hydrogen-bond acceptors (Lipinski definition) is 8. The number of benzene rings is 2. The predicted octanol–water partition coefficient (Wildman–Crippen LogP) is 6.11. The number of nitrogens with zero attached hydrogens (tertiary/aromatic N) is 4. The number of piperidine rings is 1. The van der Waals surface area contributed by atoms with Crippen LogP contribution in [0.4, 0.5) is 15.0 Å². The molecule has 3 heterocycles. The normalized spacial score (nSPS) is 16.8. The number of methoxy groups -OCH3 is 1. The van der Waals surface area contributed by atoms with Gasteiger partial charge in [-0.15, -0.1) is 0 Å². The first-order chi connectivity index (χ1) is 24.0. The predicted molar refractivity (Wildman–Crippen MR) is 196 cm³/mol. The summed E-state index contributed by atoms with van der Waals surface area (Å²) in [7, 11) is 3.45. The molecule has 0 bridgehead atoms. The molecule has 2 aromatic carbocycles. The zero-order valence-electron chi connectivity index (χ0n) is 29.7. The highest BCUT2D eigenvalue weighted by Gasteiger charge is 2.34. The number of hydrogen-bond donors (Lipinski definition) is 3. The smallest absolute Gasteiger partial charge is 0.410 e. The van der Waals surface area contributed by atoms with Crippen molar-refractivity contribution in [1.29, 1.82) is 0 Å². The number of anilines is 1. The number of nitrogens with one attached hydrogen (secondary N) is 2. The lowest BCUT2D eigenvalue weighted by Gasteiger charge is -2.35. The molecular formula is C38H50FN7O4. The third-order valence-corrected chi connectivity index (χ3v) is 8.63. The van der Waals surface area contributed by atoms with E-state index in [9.17, 15) is 4.79 Å². The highest BCUT2D eigenvalue weighted by Crippen LogP contribution is 2.34. The van der Waals surface area contributed by atoms with Crippen LogP contribution in [0.2, 0.25) is 0 Å². The van der Waals surface area contributed by atoms with E-state index >= 15 is 4.39 Å². The van der Waals surface area contributed by atoms with Crippen molar-refractivity contribution >= 4 is 28.8 Å². The molecule has 0 spiro atoms. The second kappa shape index (κ2) is 16.7. The topological polar surface area (TPSA) is 128 Å². The van der Waals surface area contributed by atoms with Crippen molar-refractivity contribution in [3.05, 3.63) is 83.7 Å². The summed E-state index contributed by atoms with van der Waals surface area (Å²) >= 11 is 0. The van der Waals surface area contributed by atoms with Gasteiger partial charge in [-0.1, -0.05) is 24.3 Å². The molecule has 2 aromatic heterocycles. The Balaban J connectivity index is 1.06. The van der Waals surface area contributed by atoms with E-state index in [1.54, 1.807) is 7.11 Å². The Kier molecular flexibility index (Phi) is 12.2. The summed E-state index contributed by atoms with van der Waals surface area (Å²) in [5, 5.41) is 7.38. The van der Waals surface area contributed by atoms with Gasteiger partial charge >= 0.3 is 6.09 Å². The van der Waals surface area contributed by atoms with Gasteiger partial charge in [0.05, 0.1) is 32.4 Å². The van der Waals surface area contributed by atoms with Gasteiger partial charge in [-0.05, 0) is 94.5 Å². The third kappa shape index (κ3) is 9.65. The number of ether oxygens (including phenoxy) is 3. The van der Waals surface area contributed by atoms with Crippen LogP contribution in [0.15, 0.2) is 72.0 Å². The second-order valence-electron chi connectivity index (χ2n) is 13.5. The first kappa shape index (κ1) is 36.4. The average molecular weight is 688 g/mol. The third-order valence-electron chi connectivity index (χ3n) is 8.63. The summed E-state index contributed by atoms with van der Waals surface area (Å²) in [4.78, 5) is 22.7. The van der Waals surface area contributed by atoms with Gasteiger partial charge in [-0.25, -0.2) is 19.2 Å². The number of aryl methyl sites for hydroxylation is 1. The van der Waals surface area contributed by atoms with Crippen LogP contribution in [0.25, 0.3) is 10.9 Å². The number of carbonyl (C=O) groups excluding carboxylic acids is 1. The molecule has 4 N–H and O–H groups in total. The highest BCUT2D eigenvalue weighted by atomic mass is 19.1. The van der Waals surface area contributed by atoms with Crippen LogP contribution >= 0.6 is 0 Å². The lowest BCUT2D eigenvalue weighted by atomic mass is 9.87. The molecule has 0 saturated carbocycles. The molecule has 2 unspecified atom stereocenters. The fraction of sp³-hybridized carbons (Fsp3) is 0.447. The monoisotopic (exact) mass is 687 g/mol. The minimum Gasteiger partial charge on any atom is -0.493 e. The lowest BCUT2D eigenvalue weighted by Crippen LogP contribution is -2.46. The minimum absolute atomic E-state index is 0.0506. The summed E-state index contributed by atoms with van der Waals surface area (Å²) in [5.41, 5.74) is 9.75. The molecule has 1 amide bonds. The van der Waals surface area contributed by atoms with Crippen molar-refractivity contribution in [3.63, 3.8) is 0 Å². The number of aliphatic imine (C=N–C) groups is 1. The second-order valence-corrected chi connectivity index (χ2v) is 13.5. The maximum absolute atomic E-state index is 15.1. The molecule has 50 heavy (non-hydrogen) atoms. The zero-order chi connectivity index (χ0) is 35.7. The van der Waals surface area contributed by atoms with Crippen molar-refractivity contribution in [2.24, 2.45) is 10.7 Å². The number of rotatable bonds is 13. The van der Waals surface area contributed by atoms with E-state index in [0.29, 0.717) is 43.7 Å². The van der Waals surface area contributed by atoms with E-state index in [-0.39, 0.29) is 12.5 Å². The Morgan fingerprint density at radius 2 is 1.88 bits per heavy atom. The standard InChI is InChI=1S/C38H50FN7O4/c1-38(2,3)50-37(47)45-18-15-30(31(39)24-45)28-10-8-26(9-11-28)12-16-42-35-21-27(13-17-43-35)7-6-20-49-34-22-29-14-19-46(36(40)44-25-41-4)32(29)23-33(34)48-5/h8-11,13-14,17,19,21-23,30-31,41H,6-7,12,15-16,18,20,24-25H2,1-5H3,(H2,40,44)(H,42,43). The SMILES string of the molecule is CNCN=C(N)n1ccc2cc(OCCCc3ccnc(NCCc4ccc(C5CCN(C(=O)OC(C)(C)C)CC5F)cc4)c3)c(OC)cc21. The Morgan fingerprint density at radius 3 is 2.60 bits per heavy atom.